The standard InChI is InChI=1S/C20H21N3O2.CH4/c21-13-14-5-7-16(8-6-14)20-22-19(23-25-20)15-9-11-18(12-10-15)24-17-3-1-2-4-17;/h5-12,17H,1-4,13,21H2;1H4. The molecule has 0 atom stereocenters. The number of hydrogen-bond acceptors (Lipinski definition) is 5. The SMILES string of the molecule is C.NCc1ccc(-c2nc(-c3ccc(OC4CCCC4)cc3)no2)cc1. The van der Waals surface area contributed by atoms with Gasteiger partial charge in [-0.05, 0) is 67.6 Å². The molecule has 136 valence electrons. The maximum Gasteiger partial charge on any atom is 0.258 e. The number of aromatic nitrogens is 2. The predicted octanol–water partition coefficient (Wildman–Crippen LogP) is 4.82. The fourth-order valence-corrected chi connectivity index (χ4v) is 3.12. The van der Waals surface area contributed by atoms with Crippen molar-refractivity contribution in [1.82, 2.24) is 10.1 Å². The van der Waals surface area contributed by atoms with E-state index in [0.717, 1.165) is 35.3 Å². The Labute approximate surface area is 154 Å². The molecule has 2 N–H and O–H groups in total. The van der Waals surface area contributed by atoms with Crippen molar-refractivity contribution in [3.8, 4) is 28.6 Å². The van der Waals surface area contributed by atoms with Gasteiger partial charge in [0.1, 0.15) is 5.75 Å². The number of nitrogens with zero attached hydrogens (tertiary/aromatic N) is 2. The highest BCUT2D eigenvalue weighted by molar-refractivity contribution is 5.60. The number of rotatable bonds is 5. The Hall–Kier alpha value is -2.66. The largest absolute Gasteiger partial charge is 0.490 e. The molecule has 5 nitrogen and oxygen atoms in total. The maximum absolute atomic E-state index is 5.99. The zero-order valence-electron chi connectivity index (χ0n) is 14.0. The van der Waals surface area contributed by atoms with E-state index in [4.69, 9.17) is 15.0 Å². The molecule has 1 aromatic heterocycles. The minimum atomic E-state index is 0. The van der Waals surface area contributed by atoms with Crippen molar-refractivity contribution in [3.05, 3.63) is 54.1 Å². The monoisotopic (exact) mass is 351 g/mol. The molecule has 0 radical (unpaired) electrons. The number of hydrogen-bond donors (Lipinski definition) is 1. The van der Waals surface area contributed by atoms with Crippen LogP contribution in [0.15, 0.2) is 53.1 Å². The van der Waals surface area contributed by atoms with Crippen LogP contribution in [0.2, 0.25) is 0 Å². The fraction of sp³-hybridized carbons (Fsp3) is 0.333. The normalized spacial score (nSPS) is 14.2. The van der Waals surface area contributed by atoms with Gasteiger partial charge in [0, 0.05) is 17.7 Å². The van der Waals surface area contributed by atoms with Gasteiger partial charge in [0.2, 0.25) is 5.82 Å². The molecule has 0 bridgehead atoms. The molecule has 1 fully saturated rings. The first-order chi connectivity index (χ1) is 12.3. The number of benzene rings is 2. The highest BCUT2D eigenvalue weighted by atomic mass is 16.5. The molecule has 26 heavy (non-hydrogen) atoms. The molecule has 1 aliphatic carbocycles. The summed E-state index contributed by atoms with van der Waals surface area (Å²) in [5.74, 6) is 1.98. The van der Waals surface area contributed by atoms with Crippen LogP contribution in [0.1, 0.15) is 38.7 Å². The van der Waals surface area contributed by atoms with Crippen molar-refractivity contribution in [2.75, 3.05) is 0 Å². The summed E-state index contributed by atoms with van der Waals surface area (Å²) in [5, 5.41) is 4.09. The lowest BCUT2D eigenvalue weighted by Gasteiger charge is -2.12. The van der Waals surface area contributed by atoms with Crippen LogP contribution in [-0.4, -0.2) is 16.2 Å². The Morgan fingerprint density at radius 3 is 2.27 bits per heavy atom. The molecule has 2 aromatic carbocycles. The molecule has 0 amide bonds. The summed E-state index contributed by atoms with van der Waals surface area (Å²) in [5.41, 5.74) is 8.49. The average Bonchev–Trinajstić information content (AvgIpc) is 3.34. The van der Waals surface area contributed by atoms with Gasteiger partial charge in [-0.2, -0.15) is 4.98 Å². The summed E-state index contributed by atoms with van der Waals surface area (Å²) in [7, 11) is 0. The summed E-state index contributed by atoms with van der Waals surface area (Å²) in [6.45, 7) is 0.518. The molecule has 0 aliphatic heterocycles. The van der Waals surface area contributed by atoms with Crippen molar-refractivity contribution in [2.45, 2.75) is 45.8 Å². The third-order valence-electron chi connectivity index (χ3n) is 4.58. The van der Waals surface area contributed by atoms with Gasteiger partial charge in [0.05, 0.1) is 6.10 Å². The van der Waals surface area contributed by atoms with E-state index in [1.54, 1.807) is 0 Å². The third-order valence-corrected chi connectivity index (χ3v) is 4.58. The summed E-state index contributed by atoms with van der Waals surface area (Å²) in [6, 6.07) is 15.7. The second kappa shape index (κ2) is 8.15. The van der Waals surface area contributed by atoms with E-state index >= 15 is 0 Å². The van der Waals surface area contributed by atoms with Gasteiger partial charge in [-0.15, -0.1) is 0 Å². The Morgan fingerprint density at radius 1 is 0.962 bits per heavy atom. The van der Waals surface area contributed by atoms with E-state index in [9.17, 15) is 0 Å². The van der Waals surface area contributed by atoms with Crippen LogP contribution in [0.25, 0.3) is 22.8 Å². The van der Waals surface area contributed by atoms with Gasteiger partial charge in [0.25, 0.3) is 5.89 Å². The van der Waals surface area contributed by atoms with E-state index in [-0.39, 0.29) is 7.43 Å². The fourth-order valence-electron chi connectivity index (χ4n) is 3.12. The van der Waals surface area contributed by atoms with Gasteiger partial charge >= 0.3 is 0 Å². The molecule has 1 aliphatic rings. The molecule has 0 saturated heterocycles. The highest BCUT2D eigenvalue weighted by Gasteiger charge is 2.16. The highest BCUT2D eigenvalue weighted by Crippen LogP contribution is 2.27. The lowest BCUT2D eigenvalue weighted by atomic mass is 10.1. The maximum atomic E-state index is 5.99. The molecule has 5 heteroatoms. The van der Waals surface area contributed by atoms with E-state index < -0.39 is 0 Å². The molecule has 1 saturated carbocycles. The van der Waals surface area contributed by atoms with Crippen LogP contribution < -0.4 is 10.5 Å². The summed E-state index contributed by atoms with van der Waals surface area (Å²) in [6.07, 6.45) is 5.19. The quantitative estimate of drug-likeness (QED) is 0.713. The van der Waals surface area contributed by atoms with Crippen molar-refractivity contribution >= 4 is 0 Å². The minimum Gasteiger partial charge on any atom is -0.490 e. The van der Waals surface area contributed by atoms with Gasteiger partial charge in [-0.3, -0.25) is 0 Å². The van der Waals surface area contributed by atoms with E-state index in [1.807, 2.05) is 48.5 Å². The topological polar surface area (TPSA) is 74.2 Å². The second-order valence-electron chi connectivity index (χ2n) is 6.37. The van der Waals surface area contributed by atoms with Gasteiger partial charge in [-0.25, -0.2) is 0 Å². The average molecular weight is 351 g/mol. The Morgan fingerprint density at radius 2 is 1.62 bits per heavy atom. The van der Waals surface area contributed by atoms with Crippen LogP contribution >= 0.6 is 0 Å². The Balaban J connectivity index is 0.00000196. The lowest BCUT2D eigenvalue weighted by molar-refractivity contribution is 0.210. The van der Waals surface area contributed by atoms with Crippen LogP contribution in [0.5, 0.6) is 5.75 Å². The Kier molecular flexibility index (Phi) is 5.68. The molecule has 4 rings (SSSR count). The van der Waals surface area contributed by atoms with Gasteiger partial charge in [0.15, 0.2) is 0 Å². The van der Waals surface area contributed by atoms with Gasteiger partial charge in [-0.1, -0.05) is 24.7 Å². The summed E-state index contributed by atoms with van der Waals surface area (Å²) < 4.78 is 11.4. The molecule has 0 unspecified atom stereocenters. The summed E-state index contributed by atoms with van der Waals surface area (Å²) >= 11 is 0. The first-order valence-corrected chi connectivity index (χ1v) is 8.72. The van der Waals surface area contributed by atoms with Crippen molar-refractivity contribution in [2.24, 2.45) is 5.73 Å². The molecule has 3 aromatic rings. The van der Waals surface area contributed by atoms with Gasteiger partial charge < -0.3 is 15.0 Å². The van der Waals surface area contributed by atoms with Crippen LogP contribution in [0.3, 0.4) is 0 Å². The lowest BCUT2D eigenvalue weighted by Crippen LogP contribution is -2.10. The van der Waals surface area contributed by atoms with Crippen molar-refractivity contribution < 1.29 is 9.26 Å². The van der Waals surface area contributed by atoms with E-state index in [2.05, 4.69) is 10.1 Å². The van der Waals surface area contributed by atoms with Crippen molar-refractivity contribution in [3.63, 3.8) is 0 Å². The van der Waals surface area contributed by atoms with Crippen LogP contribution in [0, 0.1) is 0 Å². The first kappa shape index (κ1) is 18.1. The third kappa shape index (κ3) is 3.94. The zero-order valence-corrected chi connectivity index (χ0v) is 14.0. The smallest absolute Gasteiger partial charge is 0.258 e. The first-order valence-electron chi connectivity index (χ1n) is 8.72. The molecular formula is C21H25N3O2. The molecule has 0 spiro atoms. The molecular weight excluding hydrogens is 326 g/mol. The second-order valence-corrected chi connectivity index (χ2v) is 6.37. The van der Waals surface area contributed by atoms with E-state index in [1.165, 1.54) is 12.8 Å². The number of ether oxygens (including phenoxy) is 1. The zero-order chi connectivity index (χ0) is 17.1. The molecule has 1 heterocycles. The summed E-state index contributed by atoms with van der Waals surface area (Å²) in [4.78, 5) is 4.49. The van der Waals surface area contributed by atoms with Crippen LogP contribution in [0.4, 0.5) is 0 Å². The predicted molar refractivity (Wildman–Crippen MR) is 103 cm³/mol. The van der Waals surface area contributed by atoms with Crippen molar-refractivity contribution in [1.29, 1.82) is 0 Å². The van der Waals surface area contributed by atoms with E-state index in [0.29, 0.717) is 24.4 Å². The number of nitrogens with two attached hydrogens (primary N) is 1. The Bertz CT molecular complexity index is 819. The van der Waals surface area contributed by atoms with Crippen LogP contribution in [-0.2, 0) is 6.54 Å². The minimum absolute atomic E-state index is 0.